The van der Waals surface area contributed by atoms with E-state index >= 15 is 0 Å². The summed E-state index contributed by atoms with van der Waals surface area (Å²) in [5, 5.41) is 5.05. The van der Waals surface area contributed by atoms with Gasteiger partial charge in [0.15, 0.2) is 0 Å². The number of hydrogen-bond donors (Lipinski definition) is 1. The van der Waals surface area contributed by atoms with Gasteiger partial charge in [0.05, 0.1) is 16.6 Å². The van der Waals surface area contributed by atoms with Crippen LogP contribution in [0.25, 0.3) is 0 Å². The fraction of sp³-hybridized carbons (Fsp3) is 0.542. The summed E-state index contributed by atoms with van der Waals surface area (Å²) in [5.41, 5.74) is 2.53. The first-order chi connectivity index (χ1) is 14.1. The van der Waals surface area contributed by atoms with Crippen molar-refractivity contribution in [3.63, 3.8) is 0 Å². The van der Waals surface area contributed by atoms with E-state index in [1.807, 2.05) is 18.4 Å². The molecule has 0 saturated carbocycles. The molecule has 2 aliphatic rings. The third-order valence-corrected chi connectivity index (χ3v) is 7.46. The highest BCUT2D eigenvalue weighted by molar-refractivity contribution is 7.12. The van der Waals surface area contributed by atoms with Gasteiger partial charge in [0.1, 0.15) is 0 Å². The summed E-state index contributed by atoms with van der Waals surface area (Å²) in [6, 6.07) is 12.8. The highest BCUT2D eigenvalue weighted by Gasteiger charge is 2.42. The summed E-state index contributed by atoms with van der Waals surface area (Å²) in [4.78, 5) is 15.7. The Kier molecular flexibility index (Phi) is 6.68. The van der Waals surface area contributed by atoms with Gasteiger partial charge in [0.2, 0.25) is 0 Å². The average molecular weight is 413 g/mol. The zero-order chi connectivity index (χ0) is 20.1. The van der Waals surface area contributed by atoms with Gasteiger partial charge in [-0.1, -0.05) is 30.3 Å². The monoisotopic (exact) mass is 412 g/mol. The molecule has 2 fully saturated rings. The van der Waals surface area contributed by atoms with Crippen LogP contribution in [0.2, 0.25) is 0 Å². The fourth-order valence-electron chi connectivity index (χ4n) is 4.63. The van der Waals surface area contributed by atoms with Gasteiger partial charge in [0, 0.05) is 19.6 Å². The third kappa shape index (κ3) is 5.27. The molecule has 1 aromatic carbocycles. The van der Waals surface area contributed by atoms with Gasteiger partial charge >= 0.3 is 0 Å². The van der Waals surface area contributed by atoms with Gasteiger partial charge < -0.3 is 15.0 Å². The van der Waals surface area contributed by atoms with E-state index in [0.717, 1.165) is 55.6 Å². The Hall–Kier alpha value is -1.69. The van der Waals surface area contributed by atoms with Crippen LogP contribution in [0, 0.1) is 6.92 Å². The minimum absolute atomic E-state index is 0.0373. The van der Waals surface area contributed by atoms with E-state index in [0.29, 0.717) is 6.54 Å². The van der Waals surface area contributed by atoms with Crippen LogP contribution in [0.15, 0.2) is 41.8 Å². The molecule has 2 aliphatic heterocycles. The molecule has 5 heteroatoms. The minimum Gasteiger partial charge on any atom is -0.370 e. The van der Waals surface area contributed by atoms with Crippen LogP contribution < -0.4 is 5.32 Å². The Morgan fingerprint density at radius 3 is 2.72 bits per heavy atom. The summed E-state index contributed by atoms with van der Waals surface area (Å²) < 4.78 is 6.47. The van der Waals surface area contributed by atoms with Crippen LogP contribution in [0.1, 0.15) is 52.9 Å². The van der Waals surface area contributed by atoms with Crippen LogP contribution in [-0.4, -0.2) is 48.7 Å². The van der Waals surface area contributed by atoms with Crippen LogP contribution in [0.4, 0.5) is 0 Å². The summed E-state index contributed by atoms with van der Waals surface area (Å²) >= 11 is 1.51. The molecule has 1 amide bonds. The molecule has 3 heterocycles. The van der Waals surface area contributed by atoms with Gasteiger partial charge in [-0.05, 0) is 74.6 Å². The van der Waals surface area contributed by atoms with Crippen LogP contribution >= 0.6 is 11.3 Å². The molecule has 1 spiro atoms. The fourth-order valence-corrected chi connectivity index (χ4v) is 5.48. The van der Waals surface area contributed by atoms with E-state index in [-0.39, 0.29) is 17.6 Å². The number of piperidine rings is 1. The number of nitrogens with zero attached hydrogens (tertiary/aromatic N) is 1. The number of likely N-dealkylation sites (tertiary alicyclic amines) is 1. The number of ether oxygens (including phenoxy) is 1. The van der Waals surface area contributed by atoms with E-state index in [1.165, 1.54) is 29.9 Å². The van der Waals surface area contributed by atoms with Crippen molar-refractivity contribution >= 4 is 17.2 Å². The summed E-state index contributed by atoms with van der Waals surface area (Å²) in [6.07, 6.45) is 6.95. The molecule has 29 heavy (non-hydrogen) atoms. The number of aryl methyl sites for hydroxylation is 2. The van der Waals surface area contributed by atoms with Gasteiger partial charge in [-0.2, -0.15) is 0 Å². The Labute approximate surface area is 178 Å². The normalized spacial score (nSPS) is 21.5. The molecule has 2 aromatic rings. The maximum Gasteiger partial charge on any atom is 0.261 e. The van der Waals surface area contributed by atoms with Crippen LogP contribution in [0.5, 0.6) is 0 Å². The van der Waals surface area contributed by atoms with Crippen molar-refractivity contribution in [3.05, 3.63) is 57.8 Å². The van der Waals surface area contributed by atoms with E-state index in [1.54, 1.807) is 0 Å². The maximum absolute atomic E-state index is 12.3. The molecule has 2 saturated heterocycles. The first-order valence-corrected chi connectivity index (χ1v) is 11.8. The smallest absolute Gasteiger partial charge is 0.261 e. The molecule has 0 unspecified atom stereocenters. The maximum atomic E-state index is 12.3. The number of rotatable bonds is 7. The highest BCUT2D eigenvalue weighted by Crippen LogP contribution is 2.38. The van der Waals surface area contributed by atoms with Gasteiger partial charge in [-0.15, -0.1) is 11.3 Å². The minimum atomic E-state index is 0.0373. The standard InChI is InChI=1S/C24H32N2O2S/c1-19-10-17-29-22(19)23(27)25-18-21-9-11-24(28-21)12-15-26(16-13-24)14-5-8-20-6-3-2-4-7-20/h2-4,6-7,10,17,21H,5,8-9,11-16,18H2,1H3,(H,25,27)/t21-/m0/s1. The lowest BCUT2D eigenvalue weighted by Crippen LogP contribution is -2.45. The molecule has 1 aromatic heterocycles. The number of carbonyl (C=O) groups is 1. The molecular weight excluding hydrogens is 380 g/mol. The molecule has 0 radical (unpaired) electrons. The lowest BCUT2D eigenvalue weighted by Gasteiger charge is -2.39. The van der Waals surface area contributed by atoms with Crippen molar-refractivity contribution in [3.8, 4) is 0 Å². The van der Waals surface area contributed by atoms with Crippen LogP contribution in [-0.2, 0) is 11.2 Å². The van der Waals surface area contributed by atoms with Gasteiger partial charge in [-0.25, -0.2) is 0 Å². The zero-order valence-electron chi connectivity index (χ0n) is 17.4. The number of amides is 1. The Bertz CT molecular complexity index is 796. The lowest BCUT2D eigenvalue weighted by molar-refractivity contribution is -0.0754. The largest absolute Gasteiger partial charge is 0.370 e. The second kappa shape index (κ2) is 9.41. The second-order valence-electron chi connectivity index (χ2n) is 8.54. The van der Waals surface area contributed by atoms with Crippen molar-refractivity contribution in [2.75, 3.05) is 26.2 Å². The molecule has 156 valence electrons. The molecule has 1 N–H and O–H groups in total. The Balaban J connectivity index is 1.17. The lowest BCUT2D eigenvalue weighted by atomic mass is 9.88. The number of hydrogen-bond acceptors (Lipinski definition) is 4. The van der Waals surface area contributed by atoms with Gasteiger partial charge in [0.25, 0.3) is 5.91 Å². The second-order valence-corrected chi connectivity index (χ2v) is 9.45. The van der Waals surface area contributed by atoms with Crippen molar-refractivity contribution in [2.24, 2.45) is 0 Å². The first kappa shape index (κ1) is 20.6. The molecular formula is C24H32N2O2S. The van der Waals surface area contributed by atoms with E-state index in [9.17, 15) is 4.79 Å². The van der Waals surface area contributed by atoms with Crippen molar-refractivity contribution in [2.45, 2.75) is 57.2 Å². The zero-order valence-corrected chi connectivity index (χ0v) is 18.2. The summed E-state index contributed by atoms with van der Waals surface area (Å²) in [6.45, 7) is 6.04. The number of thiophene rings is 1. The first-order valence-electron chi connectivity index (χ1n) is 10.9. The third-order valence-electron chi connectivity index (χ3n) is 6.45. The summed E-state index contributed by atoms with van der Waals surface area (Å²) in [7, 11) is 0. The van der Waals surface area contributed by atoms with Crippen molar-refractivity contribution in [1.29, 1.82) is 0 Å². The van der Waals surface area contributed by atoms with Crippen LogP contribution in [0.3, 0.4) is 0 Å². The Morgan fingerprint density at radius 2 is 2.00 bits per heavy atom. The molecule has 1 atom stereocenters. The van der Waals surface area contributed by atoms with E-state index in [4.69, 9.17) is 4.74 Å². The van der Waals surface area contributed by atoms with Crippen molar-refractivity contribution in [1.82, 2.24) is 10.2 Å². The van der Waals surface area contributed by atoms with E-state index in [2.05, 4.69) is 40.5 Å². The molecule has 0 bridgehead atoms. The molecule has 4 rings (SSSR count). The number of nitrogens with one attached hydrogen (secondary N) is 1. The topological polar surface area (TPSA) is 41.6 Å². The van der Waals surface area contributed by atoms with Crippen molar-refractivity contribution < 1.29 is 9.53 Å². The summed E-state index contributed by atoms with van der Waals surface area (Å²) in [5.74, 6) is 0.0373. The Morgan fingerprint density at radius 1 is 1.21 bits per heavy atom. The predicted octanol–water partition coefficient (Wildman–Crippen LogP) is 4.43. The number of carbonyl (C=O) groups excluding carboxylic acids is 1. The predicted molar refractivity (Wildman–Crippen MR) is 119 cm³/mol. The molecule has 4 nitrogen and oxygen atoms in total. The average Bonchev–Trinajstić information content (AvgIpc) is 3.35. The SMILES string of the molecule is Cc1ccsc1C(=O)NC[C@@H]1CCC2(CCN(CCCc3ccccc3)CC2)O1. The molecule has 0 aliphatic carbocycles. The highest BCUT2D eigenvalue weighted by atomic mass is 32.1. The van der Waals surface area contributed by atoms with E-state index < -0.39 is 0 Å². The quantitative estimate of drug-likeness (QED) is 0.731. The van der Waals surface area contributed by atoms with Gasteiger partial charge in [-0.3, -0.25) is 4.79 Å². The number of benzene rings is 1.